The largest absolute Gasteiger partial charge is 0.394 e. The highest BCUT2D eigenvalue weighted by Crippen LogP contribution is 2.12. The first kappa shape index (κ1) is 14.8. The summed E-state index contributed by atoms with van der Waals surface area (Å²) in [6, 6.07) is 0.176. The average molecular weight is 251 g/mol. The summed E-state index contributed by atoms with van der Waals surface area (Å²) in [4.78, 5) is 5.23. The van der Waals surface area contributed by atoms with Gasteiger partial charge >= 0.3 is 0 Å². The Morgan fingerprint density at radius 3 is 2.94 bits per heavy atom. The van der Waals surface area contributed by atoms with Crippen molar-refractivity contribution in [1.82, 2.24) is 5.32 Å². The molecule has 2 atom stereocenters. The molecule has 3 N–H and O–H groups in total. The van der Waals surface area contributed by atoms with E-state index in [1.807, 2.05) is 6.08 Å². The number of allylic oxidation sites excluding steroid dienone is 2. The molecule has 0 aromatic heterocycles. The molecule has 0 unspecified atom stereocenters. The van der Waals surface area contributed by atoms with Crippen LogP contribution in [0.4, 0.5) is 0 Å². The van der Waals surface area contributed by atoms with Gasteiger partial charge in [0.05, 0.1) is 6.04 Å². The summed E-state index contributed by atoms with van der Waals surface area (Å²) in [5, 5.41) is 7.29. The molecule has 0 amide bonds. The first-order valence-corrected chi connectivity index (χ1v) is 6.67. The van der Waals surface area contributed by atoms with Gasteiger partial charge < -0.3 is 15.9 Å². The van der Waals surface area contributed by atoms with Gasteiger partial charge in [0.1, 0.15) is 6.61 Å². The highest BCUT2D eigenvalue weighted by Gasteiger charge is 2.23. The zero-order valence-corrected chi connectivity index (χ0v) is 11.5. The quantitative estimate of drug-likeness (QED) is 0.240. The maximum absolute atomic E-state index is 5.87. The van der Waals surface area contributed by atoms with Crippen LogP contribution in [-0.4, -0.2) is 25.0 Å². The third kappa shape index (κ3) is 4.92. The third-order valence-corrected chi connectivity index (χ3v) is 3.16. The summed E-state index contributed by atoms with van der Waals surface area (Å²) < 4.78 is 0. The van der Waals surface area contributed by atoms with E-state index in [4.69, 9.17) is 10.6 Å². The molecule has 0 aromatic carbocycles. The molecule has 18 heavy (non-hydrogen) atoms. The van der Waals surface area contributed by atoms with Crippen molar-refractivity contribution in [3.63, 3.8) is 0 Å². The maximum Gasteiger partial charge on any atom is 0.156 e. The van der Waals surface area contributed by atoms with Gasteiger partial charge in [-0.05, 0) is 25.3 Å². The number of hydrogen-bond acceptors (Lipinski definition) is 3. The second kappa shape index (κ2) is 7.93. The summed E-state index contributed by atoms with van der Waals surface area (Å²) in [5.74, 6) is 1.22. The Labute approximate surface area is 110 Å². The van der Waals surface area contributed by atoms with E-state index in [2.05, 4.69) is 37.0 Å². The van der Waals surface area contributed by atoms with Crippen molar-refractivity contribution in [1.29, 1.82) is 0 Å². The highest BCUT2D eigenvalue weighted by molar-refractivity contribution is 5.85. The number of oxime groups is 1. The van der Waals surface area contributed by atoms with E-state index in [9.17, 15) is 0 Å². The second-order valence-corrected chi connectivity index (χ2v) is 4.78. The van der Waals surface area contributed by atoms with Crippen LogP contribution in [0.1, 0.15) is 33.1 Å². The molecule has 4 nitrogen and oxygen atoms in total. The normalized spacial score (nSPS) is 25.2. The SMILES string of the molecule is C=C/C(=C/CCO/N=C(\N)[C@@H]1C[C@H](C)CN1)CC. The van der Waals surface area contributed by atoms with Crippen LogP contribution in [0.3, 0.4) is 0 Å². The predicted octanol–water partition coefficient (Wildman–Crippen LogP) is 2.19. The smallest absolute Gasteiger partial charge is 0.156 e. The Morgan fingerprint density at radius 1 is 1.61 bits per heavy atom. The van der Waals surface area contributed by atoms with Crippen LogP contribution >= 0.6 is 0 Å². The molecule has 1 aliphatic rings. The standard InChI is InChI=1S/C14H25N3O/c1-4-12(5-2)7-6-8-18-17-14(15)13-9-11(3)10-16-13/h4,7,11,13,16H,1,5-6,8-10H2,2-3H3,(H2,15,17)/b12-7-/t11-,13-/m0/s1. The monoisotopic (exact) mass is 251 g/mol. The van der Waals surface area contributed by atoms with Crippen molar-refractivity contribution >= 4 is 5.84 Å². The molecule has 0 saturated carbocycles. The third-order valence-electron chi connectivity index (χ3n) is 3.16. The van der Waals surface area contributed by atoms with E-state index in [0.29, 0.717) is 18.4 Å². The molecule has 1 rings (SSSR count). The highest BCUT2D eigenvalue weighted by atomic mass is 16.6. The summed E-state index contributed by atoms with van der Waals surface area (Å²) >= 11 is 0. The molecule has 0 aliphatic carbocycles. The molecule has 0 aromatic rings. The topological polar surface area (TPSA) is 59.6 Å². The fourth-order valence-corrected chi connectivity index (χ4v) is 1.99. The van der Waals surface area contributed by atoms with E-state index in [1.165, 1.54) is 5.57 Å². The van der Waals surface area contributed by atoms with Gasteiger partial charge in [0.25, 0.3) is 0 Å². The van der Waals surface area contributed by atoms with Gasteiger partial charge in [-0.3, -0.25) is 0 Å². The van der Waals surface area contributed by atoms with Gasteiger partial charge in [-0.15, -0.1) is 0 Å². The number of nitrogens with one attached hydrogen (secondary N) is 1. The Bertz CT molecular complexity index is 323. The van der Waals surface area contributed by atoms with E-state index in [1.54, 1.807) is 0 Å². The van der Waals surface area contributed by atoms with Crippen LogP contribution in [0.2, 0.25) is 0 Å². The molecule has 102 valence electrons. The minimum atomic E-state index is 0.176. The van der Waals surface area contributed by atoms with Crippen molar-refractivity contribution < 1.29 is 4.84 Å². The minimum absolute atomic E-state index is 0.176. The summed E-state index contributed by atoms with van der Waals surface area (Å²) in [6.45, 7) is 9.62. The summed E-state index contributed by atoms with van der Waals surface area (Å²) in [7, 11) is 0. The second-order valence-electron chi connectivity index (χ2n) is 4.78. The number of amidine groups is 1. The lowest BCUT2D eigenvalue weighted by atomic mass is 10.1. The fourth-order valence-electron chi connectivity index (χ4n) is 1.99. The molecule has 0 radical (unpaired) electrons. The first-order chi connectivity index (χ1) is 8.67. The van der Waals surface area contributed by atoms with Crippen LogP contribution in [0, 0.1) is 5.92 Å². The number of nitrogens with zero attached hydrogens (tertiary/aromatic N) is 1. The summed E-state index contributed by atoms with van der Waals surface area (Å²) in [5.41, 5.74) is 7.10. The van der Waals surface area contributed by atoms with Gasteiger partial charge in [-0.2, -0.15) is 0 Å². The number of nitrogens with two attached hydrogens (primary N) is 1. The van der Waals surface area contributed by atoms with Gasteiger partial charge in [0.2, 0.25) is 0 Å². The zero-order chi connectivity index (χ0) is 13.4. The fraction of sp³-hybridized carbons (Fsp3) is 0.643. The van der Waals surface area contributed by atoms with Crippen LogP contribution in [-0.2, 0) is 4.84 Å². The molecule has 0 spiro atoms. The molecule has 1 heterocycles. The Balaban J connectivity index is 2.24. The van der Waals surface area contributed by atoms with Crippen LogP contribution in [0.15, 0.2) is 29.5 Å². The van der Waals surface area contributed by atoms with Gasteiger partial charge in [-0.25, -0.2) is 0 Å². The Morgan fingerprint density at radius 2 is 2.39 bits per heavy atom. The van der Waals surface area contributed by atoms with Crippen molar-refractivity contribution in [3.8, 4) is 0 Å². The predicted molar refractivity (Wildman–Crippen MR) is 76.3 cm³/mol. The van der Waals surface area contributed by atoms with Crippen molar-refractivity contribution in [2.24, 2.45) is 16.8 Å². The molecule has 0 bridgehead atoms. The maximum atomic E-state index is 5.87. The van der Waals surface area contributed by atoms with Gasteiger partial charge in [0, 0.05) is 6.42 Å². The average Bonchev–Trinajstić information content (AvgIpc) is 2.80. The minimum Gasteiger partial charge on any atom is -0.394 e. The molecular weight excluding hydrogens is 226 g/mol. The van der Waals surface area contributed by atoms with Crippen LogP contribution in [0.5, 0.6) is 0 Å². The molecule has 1 fully saturated rings. The van der Waals surface area contributed by atoms with E-state index >= 15 is 0 Å². The van der Waals surface area contributed by atoms with Gasteiger partial charge in [-0.1, -0.05) is 43.3 Å². The van der Waals surface area contributed by atoms with E-state index in [-0.39, 0.29) is 6.04 Å². The van der Waals surface area contributed by atoms with E-state index < -0.39 is 0 Å². The lowest BCUT2D eigenvalue weighted by Gasteiger charge is -2.08. The zero-order valence-electron chi connectivity index (χ0n) is 11.5. The van der Waals surface area contributed by atoms with E-state index in [0.717, 1.165) is 25.8 Å². The van der Waals surface area contributed by atoms with Crippen molar-refractivity contribution in [3.05, 3.63) is 24.3 Å². The van der Waals surface area contributed by atoms with Gasteiger partial charge in [0.15, 0.2) is 5.84 Å². The molecule has 4 heteroatoms. The van der Waals surface area contributed by atoms with Crippen LogP contribution in [0.25, 0.3) is 0 Å². The number of hydrogen-bond donors (Lipinski definition) is 2. The Kier molecular flexibility index (Phi) is 6.50. The lowest BCUT2D eigenvalue weighted by Crippen LogP contribution is -2.36. The molecule has 1 aliphatic heterocycles. The summed E-state index contributed by atoms with van der Waals surface area (Å²) in [6.07, 6.45) is 6.87. The Hall–Kier alpha value is -1.29. The van der Waals surface area contributed by atoms with Crippen molar-refractivity contribution in [2.45, 2.75) is 39.2 Å². The molecular formula is C14H25N3O. The first-order valence-electron chi connectivity index (χ1n) is 6.67. The number of rotatable bonds is 7. The lowest BCUT2D eigenvalue weighted by molar-refractivity contribution is 0.147. The van der Waals surface area contributed by atoms with Crippen LogP contribution < -0.4 is 11.1 Å². The van der Waals surface area contributed by atoms with Crippen molar-refractivity contribution in [2.75, 3.05) is 13.2 Å². The molecule has 1 saturated heterocycles.